The lowest BCUT2D eigenvalue weighted by atomic mass is 10.3. The lowest BCUT2D eigenvalue weighted by Gasteiger charge is -2.30. The van der Waals surface area contributed by atoms with E-state index in [1.165, 1.54) is 0 Å². The molecule has 13 heavy (non-hydrogen) atoms. The number of nitrogens with two attached hydrogens (primary N) is 1. The van der Waals surface area contributed by atoms with E-state index < -0.39 is 0 Å². The number of nitrogens with zero attached hydrogens (tertiary/aromatic N) is 2. The summed E-state index contributed by atoms with van der Waals surface area (Å²) in [5.74, 6) is 2.18. The van der Waals surface area contributed by atoms with Crippen molar-refractivity contribution in [1.29, 1.82) is 0 Å². The highest BCUT2D eigenvalue weighted by Gasteiger charge is 2.21. The highest BCUT2D eigenvalue weighted by Crippen LogP contribution is 2.30. The van der Waals surface area contributed by atoms with Crippen LogP contribution in [0.2, 0.25) is 0 Å². The minimum absolute atomic E-state index is 0.211. The molecule has 1 aromatic rings. The summed E-state index contributed by atoms with van der Waals surface area (Å²) in [6.07, 6.45) is 0.211. The molecule has 2 N–H and O–H groups in total. The quantitative estimate of drug-likeness (QED) is 0.642. The van der Waals surface area contributed by atoms with Gasteiger partial charge in [-0.1, -0.05) is 0 Å². The van der Waals surface area contributed by atoms with E-state index in [4.69, 9.17) is 10.5 Å². The normalized spacial score (nSPS) is 20.8. The highest BCUT2D eigenvalue weighted by atomic mass is 16.5. The zero-order valence-electron chi connectivity index (χ0n) is 7.82. The van der Waals surface area contributed by atoms with Crippen LogP contribution in [-0.2, 0) is 0 Å². The first kappa shape index (κ1) is 8.16. The van der Waals surface area contributed by atoms with Crippen LogP contribution >= 0.6 is 0 Å². The molecule has 0 saturated heterocycles. The van der Waals surface area contributed by atoms with Crippen LogP contribution in [0.5, 0.6) is 5.75 Å². The van der Waals surface area contributed by atoms with E-state index in [2.05, 4.69) is 9.88 Å². The zero-order chi connectivity index (χ0) is 9.42. The third kappa shape index (κ3) is 1.39. The Bertz CT molecular complexity index is 327. The van der Waals surface area contributed by atoms with Crippen molar-refractivity contribution in [3.8, 4) is 5.75 Å². The summed E-state index contributed by atoms with van der Waals surface area (Å²) in [4.78, 5) is 6.26. The summed E-state index contributed by atoms with van der Waals surface area (Å²) < 4.78 is 5.60. The summed E-state index contributed by atoms with van der Waals surface area (Å²) in [7, 11) is 1.99. The molecule has 4 nitrogen and oxygen atoms in total. The van der Waals surface area contributed by atoms with E-state index in [1.54, 1.807) is 6.07 Å². The second-order valence-corrected chi connectivity index (χ2v) is 3.37. The molecule has 1 aliphatic heterocycles. The van der Waals surface area contributed by atoms with Gasteiger partial charge in [0.15, 0.2) is 11.6 Å². The van der Waals surface area contributed by atoms with Gasteiger partial charge >= 0.3 is 0 Å². The van der Waals surface area contributed by atoms with E-state index in [1.807, 2.05) is 20.0 Å². The second-order valence-electron chi connectivity index (χ2n) is 3.37. The number of nitrogen functional groups attached to an aromatic ring is 1. The molecule has 4 heteroatoms. The summed E-state index contributed by atoms with van der Waals surface area (Å²) in [6, 6.07) is 3.62. The lowest BCUT2D eigenvalue weighted by molar-refractivity contribution is 0.214. The predicted molar refractivity (Wildman–Crippen MR) is 52.0 cm³/mol. The van der Waals surface area contributed by atoms with Crippen molar-refractivity contribution in [2.75, 3.05) is 24.2 Å². The first-order valence-corrected chi connectivity index (χ1v) is 4.31. The molecule has 0 spiro atoms. The zero-order valence-corrected chi connectivity index (χ0v) is 7.82. The minimum atomic E-state index is 0.211. The average Bonchev–Trinajstić information content (AvgIpc) is 2.06. The van der Waals surface area contributed by atoms with Crippen LogP contribution in [0.3, 0.4) is 0 Å². The molecule has 1 aromatic heterocycles. The third-order valence-electron chi connectivity index (χ3n) is 2.08. The van der Waals surface area contributed by atoms with Crippen molar-refractivity contribution in [3.05, 3.63) is 12.1 Å². The van der Waals surface area contributed by atoms with Crippen molar-refractivity contribution in [2.24, 2.45) is 0 Å². The number of likely N-dealkylation sites (N-methyl/N-ethyl adjacent to an activating group) is 1. The Morgan fingerprint density at radius 2 is 2.38 bits per heavy atom. The lowest BCUT2D eigenvalue weighted by Crippen LogP contribution is -2.36. The number of rotatable bonds is 0. The van der Waals surface area contributed by atoms with Gasteiger partial charge in [-0.05, 0) is 19.1 Å². The largest absolute Gasteiger partial charge is 0.485 e. The fourth-order valence-electron chi connectivity index (χ4n) is 1.54. The topological polar surface area (TPSA) is 51.4 Å². The number of anilines is 2. The minimum Gasteiger partial charge on any atom is -0.485 e. The standard InChI is InChI=1S/C9H13N3O/c1-6-5-12(2)9-7(13-6)3-4-8(10)11-9/h3-4,6H,5H2,1-2H3,(H2,10,11). The molecular weight excluding hydrogens is 166 g/mol. The van der Waals surface area contributed by atoms with Crippen LogP contribution in [-0.4, -0.2) is 24.7 Å². The van der Waals surface area contributed by atoms with Gasteiger partial charge in [0, 0.05) is 7.05 Å². The molecule has 1 atom stereocenters. The summed E-state index contributed by atoms with van der Waals surface area (Å²) >= 11 is 0. The molecule has 70 valence electrons. The van der Waals surface area contributed by atoms with Crippen LogP contribution in [0, 0.1) is 0 Å². The molecule has 0 fully saturated rings. The maximum absolute atomic E-state index is 5.60. The smallest absolute Gasteiger partial charge is 0.173 e. The van der Waals surface area contributed by atoms with Gasteiger partial charge in [-0.2, -0.15) is 0 Å². The Kier molecular flexibility index (Phi) is 1.76. The van der Waals surface area contributed by atoms with Crippen molar-refractivity contribution in [1.82, 2.24) is 4.98 Å². The van der Waals surface area contributed by atoms with Crippen molar-refractivity contribution < 1.29 is 4.74 Å². The SMILES string of the molecule is CC1CN(C)c2nc(N)ccc2O1. The molecule has 0 radical (unpaired) electrons. The van der Waals surface area contributed by atoms with Gasteiger partial charge in [0.25, 0.3) is 0 Å². The molecule has 0 aromatic carbocycles. The van der Waals surface area contributed by atoms with Gasteiger partial charge in [0.2, 0.25) is 0 Å². The van der Waals surface area contributed by atoms with Crippen molar-refractivity contribution in [3.63, 3.8) is 0 Å². The van der Waals surface area contributed by atoms with Crippen LogP contribution < -0.4 is 15.4 Å². The number of pyridine rings is 1. The van der Waals surface area contributed by atoms with E-state index >= 15 is 0 Å². The van der Waals surface area contributed by atoms with Crippen molar-refractivity contribution >= 4 is 11.6 Å². The molecule has 1 aliphatic rings. The monoisotopic (exact) mass is 179 g/mol. The van der Waals surface area contributed by atoms with E-state index in [0.717, 1.165) is 18.1 Å². The predicted octanol–water partition coefficient (Wildman–Crippen LogP) is 0.881. The van der Waals surface area contributed by atoms with Crippen LogP contribution in [0.4, 0.5) is 11.6 Å². The van der Waals surface area contributed by atoms with E-state index in [-0.39, 0.29) is 6.10 Å². The van der Waals surface area contributed by atoms with Crippen LogP contribution in [0.25, 0.3) is 0 Å². The second kappa shape index (κ2) is 2.80. The molecule has 0 aliphatic carbocycles. The first-order valence-electron chi connectivity index (χ1n) is 4.31. The summed E-state index contributed by atoms with van der Waals surface area (Å²) in [5.41, 5.74) is 5.59. The first-order chi connectivity index (χ1) is 6.16. The van der Waals surface area contributed by atoms with Gasteiger partial charge in [-0.25, -0.2) is 4.98 Å². The molecule has 2 heterocycles. The van der Waals surface area contributed by atoms with Gasteiger partial charge in [0.05, 0.1) is 6.54 Å². The van der Waals surface area contributed by atoms with Crippen LogP contribution in [0.15, 0.2) is 12.1 Å². The maximum atomic E-state index is 5.60. The Balaban J connectivity index is 2.43. The molecule has 0 amide bonds. The van der Waals surface area contributed by atoms with Gasteiger partial charge < -0.3 is 15.4 Å². The Hall–Kier alpha value is -1.45. The molecular formula is C9H13N3O. The number of hydrogen-bond acceptors (Lipinski definition) is 4. The summed E-state index contributed by atoms with van der Waals surface area (Å²) in [5, 5.41) is 0. The Morgan fingerprint density at radius 3 is 3.15 bits per heavy atom. The number of hydrogen-bond donors (Lipinski definition) is 1. The Morgan fingerprint density at radius 1 is 1.62 bits per heavy atom. The van der Waals surface area contributed by atoms with Gasteiger partial charge in [0.1, 0.15) is 11.9 Å². The number of aromatic nitrogens is 1. The Labute approximate surface area is 77.3 Å². The molecule has 0 bridgehead atoms. The third-order valence-corrected chi connectivity index (χ3v) is 2.08. The molecule has 0 saturated carbocycles. The van der Waals surface area contributed by atoms with Gasteiger partial charge in [-0.3, -0.25) is 0 Å². The highest BCUT2D eigenvalue weighted by molar-refractivity contribution is 5.57. The fourth-order valence-corrected chi connectivity index (χ4v) is 1.54. The fraction of sp³-hybridized carbons (Fsp3) is 0.444. The van der Waals surface area contributed by atoms with Crippen molar-refractivity contribution in [2.45, 2.75) is 13.0 Å². The van der Waals surface area contributed by atoms with Gasteiger partial charge in [-0.15, -0.1) is 0 Å². The molecule has 2 rings (SSSR count). The van der Waals surface area contributed by atoms with E-state index in [0.29, 0.717) is 5.82 Å². The van der Waals surface area contributed by atoms with E-state index in [9.17, 15) is 0 Å². The summed E-state index contributed by atoms with van der Waals surface area (Å²) in [6.45, 7) is 2.89. The molecule has 1 unspecified atom stereocenters. The number of ether oxygens (including phenoxy) is 1. The number of fused-ring (bicyclic) bond motifs is 1. The van der Waals surface area contributed by atoms with Crippen LogP contribution in [0.1, 0.15) is 6.92 Å². The average molecular weight is 179 g/mol. The maximum Gasteiger partial charge on any atom is 0.173 e.